The highest BCUT2D eigenvalue weighted by Gasteiger charge is 2.09. The Labute approximate surface area is 122 Å². The molecule has 0 atom stereocenters. The smallest absolute Gasteiger partial charge is 0.0701 e. The molecule has 1 fully saturated rings. The number of nitrogens with zero attached hydrogens (tertiary/aromatic N) is 1. The zero-order valence-corrected chi connectivity index (χ0v) is 12.6. The van der Waals surface area contributed by atoms with Crippen molar-refractivity contribution in [2.45, 2.75) is 12.8 Å². The number of hydrogen-bond donors (Lipinski definition) is 3. The van der Waals surface area contributed by atoms with Crippen LogP contribution in [0.4, 0.5) is 0 Å². The van der Waals surface area contributed by atoms with E-state index >= 15 is 0 Å². The molecule has 0 radical (unpaired) electrons. The Morgan fingerprint density at radius 3 is 2.15 bits per heavy atom. The SMILES string of the molecule is OCCNCCNCCOCCOCCN1CCCC1. The maximum Gasteiger partial charge on any atom is 0.0701 e. The highest BCUT2D eigenvalue weighted by molar-refractivity contribution is 4.65. The topological polar surface area (TPSA) is 66.0 Å². The molecule has 0 aromatic rings. The predicted octanol–water partition coefficient (Wildman–Crippen LogP) is -0.713. The summed E-state index contributed by atoms with van der Waals surface area (Å²) in [4.78, 5) is 2.45. The van der Waals surface area contributed by atoms with Crippen LogP contribution >= 0.6 is 0 Å². The molecule has 0 aliphatic carbocycles. The molecule has 0 amide bonds. The van der Waals surface area contributed by atoms with Gasteiger partial charge in [-0.05, 0) is 25.9 Å². The maximum absolute atomic E-state index is 8.57. The molecule has 6 heteroatoms. The van der Waals surface area contributed by atoms with Gasteiger partial charge in [0.25, 0.3) is 0 Å². The highest BCUT2D eigenvalue weighted by atomic mass is 16.5. The summed E-state index contributed by atoms with van der Waals surface area (Å²) in [7, 11) is 0. The fraction of sp³-hybridized carbons (Fsp3) is 1.00. The zero-order chi connectivity index (χ0) is 14.3. The summed E-state index contributed by atoms with van der Waals surface area (Å²) in [5.41, 5.74) is 0. The lowest BCUT2D eigenvalue weighted by Gasteiger charge is -2.14. The van der Waals surface area contributed by atoms with E-state index in [0.29, 0.717) is 19.8 Å². The van der Waals surface area contributed by atoms with E-state index < -0.39 is 0 Å². The summed E-state index contributed by atoms with van der Waals surface area (Å²) in [5.74, 6) is 0. The van der Waals surface area contributed by atoms with Crippen LogP contribution in [0.3, 0.4) is 0 Å². The summed E-state index contributed by atoms with van der Waals surface area (Å²) in [6, 6.07) is 0. The first-order valence-corrected chi connectivity index (χ1v) is 7.83. The van der Waals surface area contributed by atoms with E-state index in [2.05, 4.69) is 15.5 Å². The number of rotatable bonds is 14. The van der Waals surface area contributed by atoms with Gasteiger partial charge in [-0.25, -0.2) is 0 Å². The first-order valence-electron chi connectivity index (χ1n) is 7.83. The molecule has 0 spiro atoms. The van der Waals surface area contributed by atoms with E-state index in [4.69, 9.17) is 14.6 Å². The Kier molecular flexibility index (Phi) is 12.2. The number of ether oxygens (including phenoxy) is 2. The number of aliphatic hydroxyl groups is 1. The van der Waals surface area contributed by atoms with E-state index in [1.165, 1.54) is 25.9 Å². The molecular weight excluding hydrogens is 258 g/mol. The Balaban J connectivity index is 1.66. The Hall–Kier alpha value is -0.240. The van der Waals surface area contributed by atoms with Gasteiger partial charge in [0.05, 0.1) is 33.0 Å². The molecule has 1 aliphatic heterocycles. The van der Waals surface area contributed by atoms with Gasteiger partial charge in [-0.2, -0.15) is 0 Å². The third-order valence-electron chi connectivity index (χ3n) is 3.31. The van der Waals surface area contributed by atoms with Crippen molar-refractivity contribution >= 4 is 0 Å². The van der Waals surface area contributed by atoms with Gasteiger partial charge in [-0.1, -0.05) is 0 Å². The van der Waals surface area contributed by atoms with Crippen LogP contribution in [0.1, 0.15) is 12.8 Å². The molecule has 1 saturated heterocycles. The van der Waals surface area contributed by atoms with Crippen molar-refractivity contribution in [3.8, 4) is 0 Å². The van der Waals surface area contributed by atoms with Crippen LogP contribution in [0.5, 0.6) is 0 Å². The van der Waals surface area contributed by atoms with Crippen LogP contribution in [-0.2, 0) is 9.47 Å². The molecule has 0 aromatic carbocycles. The third kappa shape index (κ3) is 10.5. The molecule has 0 unspecified atom stereocenters. The molecule has 20 heavy (non-hydrogen) atoms. The lowest BCUT2D eigenvalue weighted by molar-refractivity contribution is 0.0417. The quantitative estimate of drug-likeness (QED) is 0.367. The number of likely N-dealkylation sites (tertiary alicyclic amines) is 1. The average Bonchev–Trinajstić information content (AvgIpc) is 2.97. The monoisotopic (exact) mass is 289 g/mol. The van der Waals surface area contributed by atoms with Crippen molar-refractivity contribution in [2.24, 2.45) is 0 Å². The van der Waals surface area contributed by atoms with Crippen LogP contribution in [0.15, 0.2) is 0 Å². The van der Waals surface area contributed by atoms with Gasteiger partial charge in [0.2, 0.25) is 0 Å². The molecule has 1 heterocycles. The minimum Gasteiger partial charge on any atom is -0.395 e. The molecule has 6 nitrogen and oxygen atoms in total. The van der Waals surface area contributed by atoms with E-state index in [0.717, 1.165) is 39.4 Å². The number of hydrogen-bond acceptors (Lipinski definition) is 6. The molecular formula is C14H31N3O3. The Bertz CT molecular complexity index is 202. The van der Waals surface area contributed by atoms with Gasteiger partial charge in [-0.3, -0.25) is 0 Å². The molecule has 1 rings (SSSR count). The summed E-state index contributed by atoms with van der Waals surface area (Å²) in [5, 5.41) is 14.9. The molecule has 3 N–H and O–H groups in total. The van der Waals surface area contributed by atoms with Crippen LogP contribution < -0.4 is 10.6 Å². The fourth-order valence-corrected chi connectivity index (χ4v) is 2.17. The van der Waals surface area contributed by atoms with Crippen LogP contribution in [-0.4, -0.2) is 88.9 Å². The number of nitrogens with one attached hydrogen (secondary N) is 2. The van der Waals surface area contributed by atoms with Gasteiger partial charge in [0.1, 0.15) is 0 Å². The lowest BCUT2D eigenvalue weighted by atomic mass is 10.4. The van der Waals surface area contributed by atoms with E-state index in [1.807, 2.05) is 0 Å². The van der Waals surface area contributed by atoms with Crippen molar-refractivity contribution in [3.63, 3.8) is 0 Å². The summed E-state index contributed by atoms with van der Waals surface area (Å²) >= 11 is 0. The van der Waals surface area contributed by atoms with Crippen molar-refractivity contribution in [3.05, 3.63) is 0 Å². The van der Waals surface area contributed by atoms with Crippen molar-refractivity contribution in [1.29, 1.82) is 0 Å². The van der Waals surface area contributed by atoms with E-state index in [9.17, 15) is 0 Å². The highest BCUT2D eigenvalue weighted by Crippen LogP contribution is 2.05. The molecule has 120 valence electrons. The first-order chi connectivity index (χ1) is 9.93. The van der Waals surface area contributed by atoms with Crippen LogP contribution in [0.25, 0.3) is 0 Å². The second-order valence-corrected chi connectivity index (χ2v) is 5.00. The lowest BCUT2D eigenvalue weighted by Crippen LogP contribution is -2.31. The molecule has 0 aromatic heterocycles. The Morgan fingerprint density at radius 1 is 0.800 bits per heavy atom. The van der Waals surface area contributed by atoms with E-state index in [1.54, 1.807) is 0 Å². The average molecular weight is 289 g/mol. The minimum absolute atomic E-state index is 0.195. The van der Waals surface area contributed by atoms with Crippen molar-refractivity contribution in [1.82, 2.24) is 15.5 Å². The second kappa shape index (κ2) is 13.7. The van der Waals surface area contributed by atoms with Gasteiger partial charge >= 0.3 is 0 Å². The largest absolute Gasteiger partial charge is 0.395 e. The van der Waals surface area contributed by atoms with Crippen molar-refractivity contribution < 1.29 is 14.6 Å². The fourth-order valence-electron chi connectivity index (χ4n) is 2.17. The van der Waals surface area contributed by atoms with Gasteiger partial charge in [-0.15, -0.1) is 0 Å². The van der Waals surface area contributed by atoms with Gasteiger partial charge < -0.3 is 30.1 Å². The normalized spacial score (nSPS) is 16.1. The number of aliphatic hydroxyl groups excluding tert-OH is 1. The molecule has 0 bridgehead atoms. The van der Waals surface area contributed by atoms with Gasteiger partial charge in [0.15, 0.2) is 0 Å². The molecule has 0 saturated carbocycles. The first kappa shape index (κ1) is 17.8. The minimum atomic E-state index is 0.195. The van der Waals surface area contributed by atoms with Crippen LogP contribution in [0, 0.1) is 0 Å². The van der Waals surface area contributed by atoms with E-state index in [-0.39, 0.29) is 6.61 Å². The van der Waals surface area contributed by atoms with Crippen LogP contribution in [0.2, 0.25) is 0 Å². The maximum atomic E-state index is 8.57. The summed E-state index contributed by atoms with van der Waals surface area (Å²) in [6.07, 6.45) is 2.68. The standard InChI is InChI=1S/C14H31N3O3/c18-10-5-15-3-4-16-6-11-19-13-14-20-12-9-17-7-1-2-8-17/h15-16,18H,1-14H2. The Morgan fingerprint density at radius 2 is 1.45 bits per heavy atom. The van der Waals surface area contributed by atoms with Crippen molar-refractivity contribution in [2.75, 3.05) is 78.8 Å². The molecule has 1 aliphatic rings. The second-order valence-electron chi connectivity index (χ2n) is 5.00. The summed E-state index contributed by atoms with van der Waals surface area (Å²) in [6.45, 7) is 9.90. The van der Waals surface area contributed by atoms with Gasteiger partial charge in [0, 0.05) is 32.7 Å². The summed E-state index contributed by atoms with van der Waals surface area (Å²) < 4.78 is 11.0. The zero-order valence-electron chi connectivity index (χ0n) is 12.6. The predicted molar refractivity (Wildman–Crippen MR) is 80.1 cm³/mol. The third-order valence-corrected chi connectivity index (χ3v) is 3.31.